The summed E-state index contributed by atoms with van der Waals surface area (Å²) in [5.41, 5.74) is -0.192. The molecule has 0 saturated carbocycles. The minimum absolute atomic E-state index is 0.00957. The number of rotatable bonds is 2. The number of ether oxygens (including phenoxy) is 1. The largest absolute Gasteiger partial charge is 0.379 e. The van der Waals surface area contributed by atoms with Crippen molar-refractivity contribution in [1.82, 2.24) is 4.90 Å². The molecule has 1 aromatic carbocycles. The molecule has 0 N–H and O–H groups in total. The van der Waals surface area contributed by atoms with Crippen LogP contribution in [-0.2, 0) is 14.3 Å². The number of carbonyl (C=O) groups excluding carboxylic acids is 2. The fourth-order valence-electron chi connectivity index (χ4n) is 2.71. The summed E-state index contributed by atoms with van der Waals surface area (Å²) in [5.74, 6) is -2.60. The zero-order valence-electron chi connectivity index (χ0n) is 11.2. The van der Waals surface area contributed by atoms with Gasteiger partial charge in [-0.05, 0) is 12.1 Å². The molecule has 0 spiro atoms. The van der Waals surface area contributed by atoms with Crippen LogP contribution in [-0.4, -0.2) is 49.1 Å². The summed E-state index contributed by atoms with van der Waals surface area (Å²) in [4.78, 5) is 27.2. The Bertz CT molecular complexity index is 588. The van der Waals surface area contributed by atoms with E-state index in [1.54, 1.807) is 0 Å². The average Bonchev–Trinajstić information content (AvgIpc) is 2.76. The minimum atomic E-state index is -0.917. The molecule has 0 aliphatic carbocycles. The number of halogens is 2. The molecule has 1 atom stereocenters. The lowest BCUT2D eigenvalue weighted by Crippen LogP contribution is -2.47. The molecule has 112 valence electrons. The van der Waals surface area contributed by atoms with E-state index in [2.05, 4.69) is 0 Å². The number of benzene rings is 1. The first-order chi connectivity index (χ1) is 10.1. The van der Waals surface area contributed by atoms with Crippen LogP contribution in [0.1, 0.15) is 6.42 Å². The summed E-state index contributed by atoms with van der Waals surface area (Å²) in [5, 5.41) is 0. The molecule has 0 radical (unpaired) electrons. The van der Waals surface area contributed by atoms with E-state index in [1.807, 2.05) is 4.90 Å². The highest BCUT2D eigenvalue weighted by Gasteiger charge is 2.43. The predicted octanol–water partition coefficient (Wildman–Crippen LogP) is 0.929. The van der Waals surface area contributed by atoms with Crippen molar-refractivity contribution >= 4 is 17.5 Å². The van der Waals surface area contributed by atoms with E-state index in [4.69, 9.17) is 4.74 Å². The highest BCUT2D eigenvalue weighted by atomic mass is 19.1. The summed E-state index contributed by atoms with van der Waals surface area (Å²) >= 11 is 0. The van der Waals surface area contributed by atoms with Crippen molar-refractivity contribution in [3.63, 3.8) is 0 Å². The smallest absolute Gasteiger partial charge is 0.251 e. The van der Waals surface area contributed by atoms with Crippen LogP contribution in [0.25, 0.3) is 0 Å². The Labute approximate surface area is 120 Å². The number of imide groups is 1. The van der Waals surface area contributed by atoms with Crippen LogP contribution < -0.4 is 4.90 Å². The minimum Gasteiger partial charge on any atom is -0.379 e. The van der Waals surface area contributed by atoms with Crippen molar-refractivity contribution < 1.29 is 23.1 Å². The number of carbonyl (C=O) groups is 2. The van der Waals surface area contributed by atoms with Gasteiger partial charge in [0.25, 0.3) is 5.91 Å². The molecule has 0 bridgehead atoms. The number of amides is 2. The standard InChI is InChI=1S/C14H14F2N2O3/c15-9-1-2-11(10(16)7-9)18-13(19)8-12(14(18)20)17-3-5-21-6-4-17/h1-2,7,12H,3-6,8H2. The molecule has 2 aliphatic rings. The summed E-state index contributed by atoms with van der Waals surface area (Å²) in [7, 11) is 0. The summed E-state index contributed by atoms with van der Waals surface area (Å²) in [6.07, 6.45) is 0.00957. The number of morpholine rings is 1. The molecular formula is C14H14F2N2O3. The second kappa shape index (κ2) is 5.50. The molecule has 3 rings (SSSR count). The second-order valence-corrected chi connectivity index (χ2v) is 5.03. The zero-order valence-corrected chi connectivity index (χ0v) is 11.2. The van der Waals surface area contributed by atoms with E-state index in [1.165, 1.54) is 0 Å². The van der Waals surface area contributed by atoms with E-state index in [-0.39, 0.29) is 12.1 Å². The van der Waals surface area contributed by atoms with Crippen molar-refractivity contribution in [3.05, 3.63) is 29.8 Å². The van der Waals surface area contributed by atoms with Gasteiger partial charge in [0.2, 0.25) is 5.91 Å². The third kappa shape index (κ3) is 2.54. The molecule has 1 aromatic rings. The van der Waals surface area contributed by atoms with Crippen molar-refractivity contribution in [1.29, 1.82) is 0 Å². The Balaban J connectivity index is 1.86. The van der Waals surface area contributed by atoms with Gasteiger partial charge in [-0.25, -0.2) is 13.7 Å². The molecule has 2 heterocycles. The first kappa shape index (κ1) is 14.1. The SMILES string of the molecule is O=C1CC(N2CCOCC2)C(=O)N1c1ccc(F)cc1F. The van der Waals surface area contributed by atoms with E-state index in [0.29, 0.717) is 32.4 Å². The van der Waals surface area contributed by atoms with Gasteiger partial charge in [-0.1, -0.05) is 0 Å². The van der Waals surface area contributed by atoms with Crippen LogP contribution in [0.5, 0.6) is 0 Å². The maximum absolute atomic E-state index is 13.8. The third-order valence-electron chi connectivity index (χ3n) is 3.76. The highest BCUT2D eigenvalue weighted by molar-refractivity contribution is 6.22. The lowest BCUT2D eigenvalue weighted by molar-refractivity contribution is -0.123. The van der Waals surface area contributed by atoms with Crippen LogP contribution >= 0.6 is 0 Å². The average molecular weight is 296 g/mol. The first-order valence-electron chi connectivity index (χ1n) is 6.71. The Morgan fingerprint density at radius 3 is 2.52 bits per heavy atom. The number of nitrogens with zero attached hydrogens (tertiary/aromatic N) is 2. The van der Waals surface area contributed by atoms with Crippen molar-refractivity contribution in [2.45, 2.75) is 12.5 Å². The van der Waals surface area contributed by atoms with Gasteiger partial charge in [-0.15, -0.1) is 0 Å². The molecule has 2 amide bonds. The van der Waals surface area contributed by atoms with Crippen molar-refractivity contribution in [2.75, 3.05) is 31.2 Å². The van der Waals surface area contributed by atoms with E-state index in [0.717, 1.165) is 17.0 Å². The van der Waals surface area contributed by atoms with Gasteiger partial charge in [0.15, 0.2) is 0 Å². The molecule has 21 heavy (non-hydrogen) atoms. The second-order valence-electron chi connectivity index (χ2n) is 5.03. The molecule has 2 saturated heterocycles. The maximum atomic E-state index is 13.8. The number of hydrogen-bond donors (Lipinski definition) is 0. The van der Waals surface area contributed by atoms with E-state index >= 15 is 0 Å². The normalized spacial score (nSPS) is 23.9. The number of hydrogen-bond acceptors (Lipinski definition) is 4. The first-order valence-corrected chi connectivity index (χ1v) is 6.71. The Hall–Kier alpha value is -1.86. The van der Waals surface area contributed by atoms with Crippen LogP contribution in [0.3, 0.4) is 0 Å². The van der Waals surface area contributed by atoms with Crippen LogP contribution in [0.4, 0.5) is 14.5 Å². The van der Waals surface area contributed by atoms with E-state index in [9.17, 15) is 18.4 Å². The topological polar surface area (TPSA) is 49.9 Å². The van der Waals surface area contributed by atoms with Crippen molar-refractivity contribution in [2.24, 2.45) is 0 Å². The van der Waals surface area contributed by atoms with Gasteiger partial charge in [-0.3, -0.25) is 14.5 Å². The molecule has 5 nitrogen and oxygen atoms in total. The monoisotopic (exact) mass is 296 g/mol. The maximum Gasteiger partial charge on any atom is 0.251 e. The molecule has 2 aliphatic heterocycles. The zero-order chi connectivity index (χ0) is 15.0. The molecule has 1 unspecified atom stereocenters. The number of anilines is 1. The van der Waals surface area contributed by atoms with Gasteiger partial charge in [-0.2, -0.15) is 0 Å². The fraction of sp³-hybridized carbons (Fsp3) is 0.429. The Morgan fingerprint density at radius 1 is 1.14 bits per heavy atom. The summed E-state index contributed by atoms with van der Waals surface area (Å²) < 4.78 is 32.0. The van der Waals surface area contributed by atoms with Gasteiger partial charge in [0.05, 0.1) is 31.4 Å². The summed E-state index contributed by atoms with van der Waals surface area (Å²) in [6, 6.07) is 2.21. The van der Waals surface area contributed by atoms with Crippen LogP contribution in [0, 0.1) is 11.6 Å². The Kier molecular flexibility index (Phi) is 3.69. The highest BCUT2D eigenvalue weighted by Crippen LogP contribution is 2.28. The van der Waals surface area contributed by atoms with Gasteiger partial charge < -0.3 is 4.74 Å². The van der Waals surface area contributed by atoms with Gasteiger partial charge >= 0.3 is 0 Å². The van der Waals surface area contributed by atoms with Gasteiger partial charge in [0, 0.05) is 19.2 Å². The van der Waals surface area contributed by atoms with Gasteiger partial charge in [0.1, 0.15) is 11.6 Å². The molecule has 7 heteroatoms. The van der Waals surface area contributed by atoms with Crippen LogP contribution in [0.2, 0.25) is 0 Å². The molecular weight excluding hydrogens is 282 g/mol. The lowest BCUT2D eigenvalue weighted by atomic mass is 10.2. The predicted molar refractivity (Wildman–Crippen MR) is 69.6 cm³/mol. The quantitative estimate of drug-likeness (QED) is 0.762. The third-order valence-corrected chi connectivity index (χ3v) is 3.76. The van der Waals surface area contributed by atoms with E-state index < -0.39 is 29.5 Å². The lowest BCUT2D eigenvalue weighted by Gasteiger charge is -2.30. The molecule has 2 fully saturated rings. The fourth-order valence-corrected chi connectivity index (χ4v) is 2.71. The molecule has 0 aromatic heterocycles. The Morgan fingerprint density at radius 2 is 1.86 bits per heavy atom. The summed E-state index contributed by atoms with van der Waals surface area (Å²) in [6.45, 7) is 2.12. The van der Waals surface area contributed by atoms with Crippen molar-refractivity contribution in [3.8, 4) is 0 Å². The van der Waals surface area contributed by atoms with Crippen LogP contribution in [0.15, 0.2) is 18.2 Å².